The van der Waals surface area contributed by atoms with Gasteiger partial charge in [-0.15, -0.1) is 53.6 Å². The van der Waals surface area contributed by atoms with Gasteiger partial charge in [0, 0.05) is 45.6 Å². The molecule has 0 aliphatic rings. The summed E-state index contributed by atoms with van der Waals surface area (Å²) in [6.07, 6.45) is 4.21. The Labute approximate surface area is 322 Å². The molecule has 0 bridgehead atoms. The van der Waals surface area contributed by atoms with Crippen LogP contribution in [0.15, 0.2) is 110 Å². The van der Waals surface area contributed by atoms with Gasteiger partial charge in [-0.25, -0.2) is 0 Å². The van der Waals surface area contributed by atoms with E-state index in [1.807, 2.05) is 80.0 Å². The van der Waals surface area contributed by atoms with Gasteiger partial charge >= 0.3 is 0 Å². The summed E-state index contributed by atoms with van der Waals surface area (Å²) in [4.78, 5) is 14.0. The molecule has 4 aromatic heterocycles. The van der Waals surface area contributed by atoms with E-state index in [0.717, 1.165) is 50.1 Å². The molecule has 0 saturated carbocycles. The Kier molecular flexibility index (Phi) is 10.1. The van der Waals surface area contributed by atoms with E-state index < -0.39 is 14.4 Å². The van der Waals surface area contributed by atoms with Gasteiger partial charge in [0.25, 0.3) is 0 Å². The molecule has 0 aliphatic heterocycles. The number of imidazole rings is 1. The maximum Gasteiger partial charge on any atom is 0.0822 e. The monoisotopic (exact) mass is 881 g/mol. The van der Waals surface area contributed by atoms with E-state index in [1.54, 1.807) is 6.20 Å². The number of para-hydroxylation sites is 1. The van der Waals surface area contributed by atoms with Crippen LogP contribution in [-0.2, 0) is 26.5 Å². The van der Waals surface area contributed by atoms with Gasteiger partial charge in [0.05, 0.1) is 31.1 Å². The van der Waals surface area contributed by atoms with Crippen molar-refractivity contribution in [1.82, 2.24) is 19.5 Å². The minimum atomic E-state index is -1.67. The van der Waals surface area contributed by atoms with Gasteiger partial charge in [0.15, 0.2) is 0 Å². The third-order valence-electron chi connectivity index (χ3n) is 8.73. The fraction of sp³-hybridized carbons (Fsp3) is 0.205. The largest absolute Gasteiger partial charge is 0.332 e. The molecular weight excluding hydrogens is 837 g/mol. The van der Waals surface area contributed by atoms with E-state index in [2.05, 4.69) is 109 Å². The van der Waals surface area contributed by atoms with Gasteiger partial charge in [0.1, 0.15) is 0 Å². The molecule has 4 heterocycles. The zero-order chi connectivity index (χ0) is 36.8. The number of nitrogens with zero attached hydrogens (tertiary/aromatic N) is 4. The number of rotatable bonds is 6. The first kappa shape index (κ1) is 33.9. The van der Waals surface area contributed by atoms with Gasteiger partial charge in [-0.05, 0) is 64.4 Å². The Morgan fingerprint density at radius 1 is 0.922 bits per heavy atom. The Bertz CT molecular complexity index is 2540. The molecule has 4 aromatic carbocycles. The first-order valence-electron chi connectivity index (χ1n) is 18.0. The van der Waals surface area contributed by atoms with Crippen molar-refractivity contribution in [2.45, 2.75) is 53.7 Å². The van der Waals surface area contributed by atoms with Crippen LogP contribution in [0, 0.1) is 31.9 Å². The van der Waals surface area contributed by atoms with Gasteiger partial charge in [-0.2, -0.15) is 11.3 Å². The van der Waals surface area contributed by atoms with Gasteiger partial charge in [0.2, 0.25) is 0 Å². The van der Waals surface area contributed by atoms with E-state index in [9.17, 15) is 0 Å². The normalized spacial score (nSPS) is 12.4. The minimum Gasteiger partial charge on any atom is -0.332 e. The molecule has 0 saturated heterocycles. The second-order valence-corrected chi connectivity index (χ2v) is 20.2. The standard InChI is InChI=1S/C26H18N3S.C18H24NSi.Ir/c1-16-8-11-23-20(14-16)24-17(2)9-10-19(25(24)30-23)26-28-21-12-13-27-15-22(21)29(26)18-6-4-3-5-7-18;1-14(2)11-16-12-17(15-9-7-6-8-10-15)19-13-18(16)20(3,4)5;/h3-9,11-15H,1-2H3;6-9,12-14H,11H2,1-5H3;/q2*-1;/i;11D2;. The first-order valence-corrected chi connectivity index (χ1v) is 21.4. The second kappa shape index (κ2) is 15.1. The van der Waals surface area contributed by atoms with Crippen LogP contribution in [0.2, 0.25) is 19.6 Å². The zero-order valence-corrected chi connectivity index (χ0v) is 34.2. The molecule has 0 N–H and O–H groups in total. The number of thiophene rings is 1. The van der Waals surface area contributed by atoms with E-state index in [1.165, 1.54) is 31.3 Å². The van der Waals surface area contributed by atoms with Crippen LogP contribution < -0.4 is 5.19 Å². The summed E-state index contributed by atoms with van der Waals surface area (Å²) >= 11 is 1.82. The molecule has 1 radical (unpaired) electrons. The zero-order valence-electron chi connectivity index (χ0n) is 32.0. The van der Waals surface area contributed by atoms with Crippen LogP contribution in [0.1, 0.15) is 33.3 Å². The molecule has 259 valence electrons. The summed E-state index contributed by atoms with van der Waals surface area (Å²) in [6.45, 7) is 14.9. The maximum absolute atomic E-state index is 8.55. The van der Waals surface area contributed by atoms with Gasteiger partial charge in [-0.3, -0.25) is 9.97 Å². The first-order chi connectivity index (χ1) is 24.8. The molecule has 0 fully saturated rings. The fourth-order valence-corrected chi connectivity index (χ4v) is 9.03. The van der Waals surface area contributed by atoms with Crippen molar-refractivity contribution >= 4 is 55.8 Å². The third-order valence-corrected chi connectivity index (χ3v) is 11.9. The summed E-state index contributed by atoms with van der Waals surface area (Å²) in [5, 5.41) is 3.72. The number of hydrogen-bond acceptors (Lipinski definition) is 4. The molecule has 0 unspecified atom stereocenters. The van der Waals surface area contributed by atoms with Gasteiger partial charge < -0.3 is 9.55 Å². The molecule has 7 heteroatoms. The quantitative estimate of drug-likeness (QED) is 0.123. The number of aromatic nitrogens is 4. The van der Waals surface area contributed by atoms with Gasteiger partial charge in [-0.1, -0.05) is 98.9 Å². The SMILES string of the molecule is Cc1ccc2sc3c(-c4nc5ccncc5n4-c4ccccc4)[c-]cc(C)c3c2c1.[2H]C([2H])(c1cc(-c2[c-]cccc2)ncc1[Si](C)(C)C)C(C)C.[Ir]. The number of fused-ring (bicyclic) bond motifs is 4. The predicted octanol–water partition coefficient (Wildman–Crippen LogP) is 11.2. The molecule has 0 spiro atoms. The maximum atomic E-state index is 8.55. The summed E-state index contributed by atoms with van der Waals surface area (Å²) in [6, 6.07) is 37.5. The smallest absolute Gasteiger partial charge is 0.0822 e. The number of pyridine rings is 2. The molecule has 0 aliphatic carbocycles. The summed E-state index contributed by atoms with van der Waals surface area (Å²) < 4.78 is 21.8. The third kappa shape index (κ3) is 7.54. The molecule has 0 atom stereocenters. The number of aryl methyl sites for hydroxylation is 2. The van der Waals surface area contributed by atoms with Crippen LogP contribution in [0.25, 0.3) is 59.5 Å². The van der Waals surface area contributed by atoms with Crippen LogP contribution >= 0.6 is 11.3 Å². The van der Waals surface area contributed by atoms with E-state index in [4.69, 9.17) is 7.73 Å². The van der Waals surface area contributed by atoms with Crippen molar-refractivity contribution in [2.24, 2.45) is 5.92 Å². The Morgan fingerprint density at radius 3 is 2.43 bits per heavy atom. The van der Waals surface area contributed by atoms with Crippen molar-refractivity contribution in [2.75, 3.05) is 0 Å². The molecule has 4 nitrogen and oxygen atoms in total. The van der Waals surface area contributed by atoms with Crippen molar-refractivity contribution < 1.29 is 22.8 Å². The fourth-order valence-electron chi connectivity index (χ4n) is 6.38. The van der Waals surface area contributed by atoms with Crippen LogP contribution in [0.5, 0.6) is 0 Å². The molecule has 51 heavy (non-hydrogen) atoms. The van der Waals surface area contributed by atoms with E-state index in [0.29, 0.717) is 0 Å². The Hall–Kier alpha value is -4.26. The second-order valence-electron chi connectivity index (χ2n) is 14.1. The van der Waals surface area contributed by atoms with Crippen LogP contribution in [-0.4, -0.2) is 27.6 Å². The van der Waals surface area contributed by atoms with Crippen molar-refractivity contribution in [1.29, 1.82) is 0 Å². The molecular formula is C44H42IrN4SSi-2. The molecule has 0 amide bonds. The minimum absolute atomic E-state index is 0. The summed E-state index contributed by atoms with van der Waals surface area (Å²) in [7, 11) is -1.67. The average molecular weight is 881 g/mol. The summed E-state index contributed by atoms with van der Waals surface area (Å²) in [5.74, 6) is 0.815. The van der Waals surface area contributed by atoms with E-state index >= 15 is 0 Å². The van der Waals surface area contributed by atoms with Crippen molar-refractivity contribution in [3.63, 3.8) is 0 Å². The molecule has 8 rings (SSSR count). The van der Waals surface area contributed by atoms with Crippen LogP contribution in [0.4, 0.5) is 0 Å². The Balaban J connectivity index is 0.000000188. The van der Waals surface area contributed by atoms with E-state index in [-0.39, 0.29) is 26.0 Å². The topological polar surface area (TPSA) is 43.6 Å². The number of hydrogen-bond donors (Lipinski definition) is 0. The van der Waals surface area contributed by atoms with Crippen molar-refractivity contribution in [3.8, 4) is 28.3 Å². The van der Waals surface area contributed by atoms with Crippen molar-refractivity contribution in [3.05, 3.63) is 138 Å². The molecule has 8 aromatic rings. The summed E-state index contributed by atoms with van der Waals surface area (Å²) in [5.41, 5.74) is 9.06. The van der Waals surface area contributed by atoms with Crippen LogP contribution in [0.3, 0.4) is 0 Å². The number of benzene rings is 4. The average Bonchev–Trinajstić information content (AvgIpc) is 3.71. The predicted molar refractivity (Wildman–Crippen MR) is 216 cm³/mol. The Morgan fingerprint density at radius 2 is 1.71 bits per heavy atom.